The minimum Gasteiger partial charge on any atom is -0.379 e. The summed E-state index contributed by atoms with van der Waals surface area (Å²) in [6, 6.07) is 0. The summed E-state index contributed by atoms with van der Waals surface area (Å²) < 4.78 is 0. The molecule has 0 aromatic carbocycles. The Balaban J connectivity index is 3.29. The Hall–Kier alpha value is -1.65. The normalized spacial score (nSPS) is 9.20. The summed E-state index contributed by atoms with van der Waals surface area (Å²) in [5.41, 5.74) is 4.72. The molecule has 0 radical (unpaired) electrons. The zero-order valence-corrected chi connectivity index (χ0v) is 5.00. The number of H-pyrrole nitrogens is 1. The van der Waals surface area contributed by atoms with Crippen LogP contribution in [-0.4, -0.2) is 16.3 Å². The fourth-order valence-electron chi connectivity index (χ4n) is 0.496. The van der Waals surface area contributed by atoms with Crippen LogP contribution in [0.5, 0.6) is 0 Å². The topological polar surface area (TPSA) is 88.8 Å². The number of nitrogens with zero attached hydrogens (tertiary/aromatic N) is 1. The fraction of sp³-hybridized carbons (Fsp3) is 0. The van der Waals surface area contributed by atoms with Crippen molar-refractivity contribution >= 4 is 12.1 Å². The van der Waals surface area contributed by atoms with Gasteiger partial charge in [-0.2, -0.15) is 0 Å². The molecule has 0 aliphatic carbocycles. The quantitative estimate of drug-likeness (QED) is 0.496. The number of hydrogen-bond donors (Lipinski definition) is 2. The first kappa shape index (κ1) is 6.47. The van der Waals surface area contributed by atoms with Crippen molar-refractivity contribution in [3.63, 3.8) is 0 Å². The number of anilines is 1. The summed E-state index contributed by atoms with van der Waals surface area (Å²) in [4.78, 5) is 26.3. The summed E-state index contributed by atoms with van der Waals surface area (Å²) >= 11 is 0. The van der Waals surface area contributed by atoms with Crippen LogP contribution < -0.4 is 11.3 Å². The monoisotopic (exact) mass is 139 g/mol. The lowest BCUT2D eigenvalue weighted by Crippen LogP contribution is -2.14. The van der Waals surface area contributed by atoms with Crippen molar-refractivity contribution in [2.45, 2.75) is 0 Å². The highest BCUT2D eigenvalue weighted by Crippen LogP contribution is 1.85. The van der Waals surface area contributed by atoms with E-state index in [1.165, 1.54) is 6.20 Å². The van der Waals surface area contributed by atoms with Crippen molar-refractivity contribution in [3.05, 3.63) is 22.2 Å². The maximum absolute atomic E-state index is 10.5. The minimum absolute atomic E-state index is 0.122. The predicted molar refractivity (Wildman–Crippen MR) is 34.7 cm³/mol. The van der Waals surface area contributed by atoms with Crippen molar-refractivity contribution in [3.8, 4) is 0 Å². The van der Waals surface area contributed by atoms with E-state index in [-0.39, 0.29) is 11.5 Å². The molecule has 52 valence electrons. The summed E-state index contributed by atoms with van der Waals surface area (Å²) in [6.45, 7) is 0. The predicted octanol–water partition coefficient (Wildman–Crippen LogP) is -0.835. The third kappa shape index (κ3) is 1.02. The van der Waals surface area contributed by atoms with Crippen LogP contribution >= 0.6 is 0 Å². The first-order valence-electron chi connectivity index (χ1n) is 2.54. The van der Waals surface area contributed by atoms with E-state index in [0.29, 0.717) is 6.29 Å². The van der Waals surface area contributed by atoms with Crippen molar-refractivity contribution < 1.29 is 4.79 Å². The van der Waals surface area contributed by atoms with E-state index in [1.54, 1.807) is 0 Å². The maximum atomic E-state index is 10.5. The fourth-order valence-corrected chi connectivity index (χ4v) is 0.496. The number of aromatic amines is 1. The zero-order chi connectivity index (χ0) is 7.56. The first-order valence-corrected chi connectivity index (χ1v) is 2.54. The van der Waals surface area contributed by atoms with Crippen LogP contribution in [0.4, 0.5) is 5.82 Å². The molecule has 0 aliphatic heterocycles. The summed E-state index contributed by atoms with van der Waals surface area (Å²) in [5, 5.41) is 0. The summed E-state index contributed by atoms with van der Waals surface area (Å²) in [6.07, 6.45) is 1.71. The minimum atomic E-state index is -0.481. The van der Waals surface area contributed by atoms with Gasteiger partial charge < -0.3 is 10.7 Å². The number of nitrogens with two attached hydrogens (primary N) is 1. The molecule has 0 bridgehead atoms. The van der Waals surface area contributed by atoms with Gasteiger partial charge in [0.05, 0.1) is 0 Å². The first-order chi connectivity index (χ1) is 4.74. The largest absolute Gasteiger partial charge is 0.379 e. The lowest BCUT2D eigenvalue weighted by Gasteiger charge is -1.89. The molecule has 10 heavy (non-hydrogen) atoms. The SMILES string of the molecule is Nc1nc(C=O)c[nH]c1=O. The Morgan fingerprint density at radius 1 is 1.70 bits per heavy atom. The van der Waals surface area contributed by atoms with Gasteiger partial charge in [0.2, 0.25) is 0 Å². The van der Waals surface area contributed by atoms with Gasteiger partial charge in [0, 0.05) is 6.20 Å². The number of carbonyl (C=O) groups excluding carboxylic acids is 1. The van der Waals surface area contributed by atoms with E-state index >= 15 is 0 Å². The second kappa shape index (κ2) is 2.30. The molecule has 5 heteroatoms. The number of aromatic nitrogens is 2. The van der Waals surface area contributed by atoms with Gasteiger partial charge >= 0.3 is 0 Å². The average molecular weight is 139 g/mol. The van der Waals surface area contributed by atoms with Crippen LogP contribution in [0.1, 0.15) is 10.5 Å². The van der Waals surface area contributed by atoms with Crippen molar-refractivity contribution in [1.29, 1.82) is 0 Å². The van der Waals surface area contributed by atoms with E-state index in [9.17, 15) is 9.59 Å². The smallest absolute Gasteiger partial charge is 0.290 e. The van der Waals surface area contributed by atoms with Crippen LogP contribution in [0.2, 0.25) is 0 Å². The van der Waals surface area contributed by atoms with Gasteiger partial charge in [-0.1, -0.05) is 0 Å². The highest BCUT2D eigenvalue weighted by Gasteiger charge is 1.95. The number of aldehydes is 1. The number of nitrogen functional groups attached to an aromatic ring is 1. The Labute approximate surface area is 55.9 Å². The molecule has 1 rings (SSSR count). The molecule has 0 fully saturated rings. The lowest BCUT2D eigenvalue weighted by molar-refractivity contribution is 0.111. The van der Waals surface area contributed by atoms with Crippen LogP contribution in [0.3, 0.4) is 0 Å². The van der Waals surface area contributed by atoms with Gasteiger partial charge in [-0.25, -0.2) is 4.98 Å². The number of nitrogens with one attached hydrogen (secondary N) is 1. The van der Waals surface area contributed by atoms with E-state index in [4.69, 9.17) is 5.73 Å². The molecule has 1 heterocycles. The molecule has 1 aromatic rings. The highest BCUT2D eigenvalue weighted by atomic mass is 16.1. The molecule has 0 spiro atoms. The molecule has 0 saturated carbocycles. The van der Waals surface area contributed by atoms with E-state index in [1.807, 2.05) is 0 Å². The highest BCUT2D eigenvalue weighted by molar-refractivity contribution is 5.71. The van der Waals surface area contributed by atoms with Crippen molar-refractivity contribution in [2.24, 2.45) is 0 Å². The standard InChI is InChI=1S/C5H5N3O2/c6-4-5(10)7-1-3(2-9)8-4/h1-2H,(H2,6,8)(H,7,10). The summed E-state index contributed by atoms with van der Waals surface area (Å²) in [7, 11) is 0. The summed E-state index contributed by atoms with van der Waals surface area (Å²) in [5.74, 6) is -0.190. The molecular weight excluding hydrogens is 134 g/mol. The molecule has 5 nitrogen and oxygen atoms in total. The van der Waals surface area contributed by atoms with Crippen LogP contribution in [0.25, 0.3) is 0 Å². The Morgan fingerprint density at radius 2 is 2.40 bits per heavy atom. The number of hydrogen-bond acceptors (Lipinski definition) is 4. The third-order valence-corrected chi connectivity index (χ3v) is 0.954. The molecule has 3 N–H and O–H groups in total. The van der Waals surface area contributed by atoms with Gasteiger partial charge in [0.15, 0.2) is 12.1 Å². The van der Waals surface area contributed by atoms with E-state index < -0.39 is 5.56 Å². The molecule has 0 amide bonds. The van der Waals surface area contributed by atoms with Crippen LogP contribution in [0.15, 0.2) is 11.0 Å². The van der Waals surface area contributed by atoms with Gasteiger partial charge in [-0.3, -0.25) is 9.59 Å². The average Bonchev–Trinajstić information content (AvgIpc) is 1.95. The van der Waals surface area contributed by atoms with Crippen LogP contribution in [0, 0.1) is 0 Å². The lowest BCUT2D eigenvalue weighted by atomic mass is 10.5. The van der Waals surface area contributed by atoms with Crippen molar-refractivity contribution in [1.82, 2.24) is 9.97 Å². The zero-order valence-electron chi connectivity index (χ0n) is 5.00. The van der Waals surface area contributed by atoms with Gasteiger partial charge in [0.1, 0.15) is 5.69 Å². The Kier molecular flexibility index (Phi) is 1.49. The molecule has 0 saturated heterocycles. The molecule has 1 aromatic heterocycles. The second-order valence-electron chi connectivity index (χ2n) is 1.66. The molecular formula is C5H5N3O2. The van der Waals surface area contributed by atoms with Crippen molar-refractivity contribution in [2.75, 3.05) is 5.73 Å². The number of rotatable bonds is 1. The van der Waals surface area contributed by atoms with E-state index in [2.05, 4.69) is 9.97 Å². The van der Waals surface area contributed by atoms with Gasteiger partial charge in [-0.05, 0) is 0 Å². The maximum Gasteiger partial charge on any atom is 0.290 e. The molecule has 0 atom stereocenters. The second-order valence-corrected chi connectivity index (χ2v) is 1.66. The van der Waals surface area contributed by atoms with Gasteiger partial charge in [-0.15, -0.1) is 0 Å². The molecule has 0 aliphatic rings. The number of carbonyl (C=O) groups is 1. The Bertz CT molecular complexity index is 304. The molecule has 0 unspecified atom stereocenters. The van der Waals surface area contributed by atoms with E-state index in [0.717, 1.165) is 0 Å². The van der Waals surface area contributed by atoms with Crippen LogP contribution in [-0.2, 0) is 0 Å². The Morgan fingerprint density at radius 3 is 2.90 bits per heavy atom. The third-order valence-electron chi connectivity index (χ3n) is 0.954. The van der Waals surface area contributed by atoms with Gasteiger partial charge in [0.25, 0.3) is 5.56 Å².